The molecule has 0 saturated carbocycles. The van der Waals surface area contributed by atoms with Crippen molar-refractivity contribution in [3.05, 3.63) is 41.5 Å². The van der Waals surface area contributed by atoms with E-state index in [-0.39, 0.29) is 35.4 Å². The summed E-state index contributed by atoms with van der Waals surface area (Å²) < 4.78 is 12.4. The first-order valence-electron chi connectivity index (χ1n) is 9.98. The number of hydrogen-bond acceptors (Lipinski definition) is 5. The number of fused-ring (bicyclic) bond motifs is 1. The first-order valence-corrected chi connectivity index (χ1v) is 9.98. The van der Waals surface area contributed by atoms with Crippen molar-refractivity contribution in [2.45, 2.75) is 51.3 Å². The van der Waals surface area contributed by atoms with Crippen molar-refractivity contribution in [3.8, 4) is 5.75 Å². The van der Waals surface area contributed by atoms with Gasteiger partial charge in [0.1, 0.15) is 18.2 Å². The molecule has 1 aromatic carbocycles. The first kappa shape index (κ1) is 24.4. The minimum absolute atomic E-state index is 0. The van der Waals surface area contributed by atoms with Crippen LogP contribution in [0.5, 0.6) is 5.75 Å². The van der Waals surface area contributed by atoms with Crippen molar-refractivity contribution in [2.24, 2.45) is 4.99 Å². The zero-order valence-corrected chi connectivity index (χ0v) is 20.8. The van der Waals surface area contributed by atoms with Crippen molar-refractivity contribution >= 4 is 29.9 Å². The highest BCUT2D eigenvalue weighted by molar-refractivity contribution is 14.0. The SMILES string of the molecule is CN=C(NCC(C)(C)c1ccc(OC)cc1)NC1CCc2nc(COC)nn2C1.I. The van der Waals surface area contributed by atoms with Gasteiger partial charge in [-0.15, -0.1) is 24.0 Å². The monoisotopic (exact) mass is 528 g/mol. The van der Waals surface area contributed by atoms with Crippen LogP contribution < -0.4 is 15.4 Å². The van der Waals surface area contributed by atoms with E-state index in [2.05, 4.69) is 51.7 Å². The number of rotatable bonds is 7. The second-order valence-electron chi connectivity index (χ2n) is 7.98. The summed E-state index contributed by atoms with van der Waals surface area (Å²) in [5.74, 6) is 3.44. The average molecular weight is 528 g/mol. The van der Waals surface area contributed by atoms with Gasteiger partial charge in [0.15, 0.2) is 11.8 Å². The molecular weight excluding hydrogens is 495 g/mol. The van der Waals surface area contributed by atoms with E-state index in [1.807, 2.05) is 16.8 Å². The highest BCUT2D eigenvalue weighted by Crippen LogP contribution is 2.24. The number of hydrogen-bond donors (Lipinski definition) is 2. The van der Waals surface area contributed by atoms with Crippen molar-refractivity contribution in [1.29, 1.82) is 0 Å². The molecule has 1 aliphatic heterocycles. The van der Waals surface area contributed by atoms with Gasteiger partial charge in [-0.3, -0.25) is 4.99 Å². The molecule has 2 N–H and O–H groups in total. The smallest absolute Gasteiger partial charge is 0.191 e. The molecule has 30 heavy (non-hydrogen) atoms. The van der Waals surface area contributed by atoms with E-state index in [1.54, 1.807) is 21.3 Å². The lowest BCUT2D eigenvalue weighted by molar-refractivity contribution is 0.177. The highest BCUT2D eigenvalue weighted by atomic mass is 127. The number of ether oxygens (including phenoxy) is 2. The van der Waals surface area contributed by atoms with Crippen LogP contribution in [0.15, 0.2) is 29.3 Å². The van der Waals surface area contributed by atoms with Crippen LogP contribution in [0.25, 0.3) is 0 Å². The molecule has 0 spiro atoms. The Morgan fingerprint density at radius 1 is 1.27 bits per heavy atom. The molecule has 3 rings (SSSR count). The Morgan fingerprint density at radius 2 is 2.00 bits per heavy atom. The number of benzene rings is 1. The van der Waals surface area contributed by atoms with Gasteiger partial charge in [0.25, 0.3) is 0 Å². The van der Waals surface area contributed by atoms with E-state index in [9.17, 15) is 0 Å². The Hall–Kier alpha value is -1.88. The number of aromatic nitrogens is 3. The summed E-state index contributed by atoms with van der Waals surface area (Å²) in [5, 5.41) is 11.5. The largest absolute Gasteiger partial charge is 0.497 e. The molecule has 0 fully saturated rings. The van der Waals surface area contributed by atoms with Crippen molar-refractivity contribution in [1.82, 2.24) is 25.4 Å². The van der Waals surface area contributed by atoms with Gasteiger partial charge in [0, 0.05) is 38.6 Å². The molecule has 2 aromatic rings. The van der Waals surface area contributed by atoms with E-state index < -0.39 is 0 Å². The van der Waals surface area contributed by atoms with Crippen LogP contribution in [-0.4, -0.2) is 54.6 Å². The maximum Gasteiger partial charge on any atom is 0.191 e. The number of nitrogens with one attached hydrogen (secondary N) is 2. The molecule has 1 aliphatic rings. The third kappa shape index (κ3) is 6.07. The van der Waals surface area contributed by atoms with Crippen LogP contribution in [0, 0.1) is 0 Å². The fourth-order valence-corrected chi connectivity index (χ4v) is 3.51. The van der Waals surface area contributed by atoms with Crippen LogP contribution >= 0.6 is 24.0 Å². The van der Waals surface area contributed by atoms with Crippen molar-refractivity contribution in [2.75, 3.05) is 27.8 Å². The molecule has 1 unspecified atom stereocenters. The number of nitrogens with zero attached hydrogens (tertiary/aromatic N) is 4. The molecule has 9 heteroatoms. The van der Waals surface area contributed by atoms with Crippen LogP contribution in [0.2, 0.25) is 0 Å². The Balaban J connectivity index is 0.00000320. The molecule has 0 bridgehead atoms. The van der Waals surface area contributed by atoms with Gasteiger partial charge in [-0.2, -0.15) is 5.10 Å². The minimum atomic E-state index is -0.0510. The fraction of sp³-hybridized carbons (Fsp3) is 0.571. The summed E-state index contributed by atoms with van der Waals surface area (Å²) in [7, 11) is 5.15. The predicted molar refractivity (Wildman–Crippen MR) is 129 cm³/mol. The summed E-state index contributed by atoms with van der Waals surface area (Å²) in [5.41, 5.74) is 1.20. The molecule has 0 radical (unpaired) electrons. The third-order valence-corrected chi connectivity index (χ3v) is 5.31. The van der Waals surface area contributed by atoms with Gasteiger partial charge in [0.05, 0.1) is 13.7 Å². The number of methoxy groups -OCH3 is 2. The van der Waals surface area contributed by atoms with Gasteiger partial charge in [-0.05, 0) is 24.1 Å². The number of aliphatic imine (C=N–C) groups is 1. The quantitative estimate of drug-likeness (QED) is 0.327. The summed E-state index contributed by atoms with van der Waals surface area (Å²) >= 11 is 0. The van der Waals surface area contributed by atoms with E-state index in [0.717, 1.165) is 49.3 Å². The Morgan fingerprint density at radius 3 is 2.63 bits per heavy atom. The second kappa shape index (κ2) is 10.9. The van der Waals surface area contributed by atoms with E-state index in [0.29, 0.717) is 6.61 Å². The Labute approximate surface area is 195 Å². The van der Waals surface area contributed by atoms with Crippen LogP contribution in [-0.2, 0) is 29.7 Å². The van der Waals surface area contributed by atoms with E-state index >= 15 is 0 Å². The van der Waals surface area contributed by atoms with E-state index in [1.165, 1.54) is 5.56 Å². The van der Waals surface area contributed by atoms with Gasteiger partial charge in [-0.1, -0.05) is 26.0 Å². The maximum absolute atomic E-state index is 5.26. The minimum Gasteiger partial charge on any atom is -0.497 e. The van der Waals surface area contributed by atoms with Crippen LogP contribution in [0.4, 0.5) is 0 Å². The van der Waals surface area contributed by atoms with Gasteiger partial charge in [-0.25, -0.2) is 9.67 Å². The lowest BCUT2D eigenvalue weighted by atomic mass is 9.84. The zero-order valence-electron chi connectivity index (χ0n) is 18.4. The molecule has 0 aliphatic carbocycles. The topological polar surface area (TPSA) is 85.6 Å². The fourth-order valence-electron chi connectivity index (χ4n) is 3.51. The lowest BCUT2D eigenvalue weighted by Gasteiger charge is -2.29. The molecule has 166 valence electrons. The van der Waals surface area contributed by atoms with E-state index in [4.69, 9.17) is 9.47 Å². The van der Waals surface area contributed by atoms with Crippen molar-refractivity contribution < 1.29 is 9.47 Å². The van der Waals surface area contributed by atoms with Gasteiger partial charge >= 0.3 is 0 Å². The lowest BCUT2D eigenvalue weighted by Crippen LogP contribution is -2.49. The number of guanidine groups is 1. The molecule has 0 saturated heterocycles. The Kier molecular flexibility index (Phi) is 8.90. The molecule has 8 nitrogen and oxygen atoms in total. The normalized spacial score (nSPS) is 16.4. The summed E-state index contributed by atoms with van der Waals surface area (Å²) in [6.45, 7) is 6.41. The molecule has 0 amide bonds. The molecule has 1 aromatic heterocycles. The maximum atomic E-state index is 5.26. The van der Waals surface area contributed by atoms with Crippen LogP contribution in [0.1, 0.15) is 37.5 Å². The molecule has 2 heterocycles. The molecular formula is C21H33IN6O2. The first-order chi connectivity index (χ1) is 13.9. The number of halogens is 1. The summed E-state index contributed by atoms with van der Waals surface area (Å²) in [6.07, 6.45) is 1.89. The van der Waals surface area contributed by atoms with Crippen LogP contribution in [0.3, 0.4) is 0 Å². The van der Waals surface area contributed by atoms with Crippen molar-refractivity contribution in [3.63, 3.8) is 0 Å². The Bertz CT molecular complexity index is 835. The summed E-state index contributed by atoms with van der Waals surface area (Å²) in [6, 6.07) is 8.48. The zero-order chi connectivity index (χ0) is 20.9. The van der Waals surface area contributed by atoms with Gasteiger partial charge < -0.3 is 20.1 Å². The highest BCUT2D eigenvalue weighted by Gasteiger charge is 2.24. The number of aryl methyl sites for hydroxylation is 1. The summed E-state index contributed by atoms with van der Waals surface area (Å²) in [4.78, 5) is 8.94. The standard InChI is InChI=1S/C21H32N6O2.HI/c1-21(2,15-6-9-17(29-5)10-7-15)14-23-20(22-3)24-16-8-11-19-25-18(13-28-4)26-27(19)12-16;/h6-7,9-10,16H,8,11-14H2,1-5H3,(H2,22,23,24);1H. The average Bonchev–Trinajstić information content (AvgIpc) is 3.13. The predicted octanol–water partition coefficient (Wildman–Crippen LogP) is 2.51. The third-order valence-electron chi connectivity index (χ3n) is 5.31. The second-order valence-corrected chi connectivity index (χ2v) is 7.98. The molecule has 1 atom stereocenters. The van der Waals surface area contributed by atoms with Gasteiger partial charge in [0.2, 0.25) is 0 Å².